The molecule has 0 aliphatic heterocycles. The first-order chi connectivity index (χ1) is 14.4. The molecule has 7 nitrogen and oxygen atoms in total. The highest BCUT2D eigenvalue weighted by molar-refractivity contribution is 7.90. The minimum atomic E-state index is -3.56. The van der Waals surface area contributed by atoms with E-state index in [-0.39, 0.29) is 22.2 Å². The number of nitrogens with zero attached hydrogens (tertiary/aromatic N) is 2. The van der Waals surface area contributed by atoms with Crippen LogP contribution >= 0.6 is 11.5 Å². The normalized spacial score (nSPS) is 11.4. The van der Waals surface area contributed by atoms with E-state index in [0.29, 0.717) is 11.0 Å². The van der Waals surface area contributed by atoms with Crippen molar-refractivity contribution < 1.29 is 17.6 Å². The van der Waals surface area contributed by atoms with Gasteiger partial charge >= 0.3 is 0 Å². The highest BCUT2D eigenvalue weighted by atomic mass is 32.2. The molecule has 0 aliphatic carbocycles. The van der Waals surface area contributed by atoms with Gasteiger partial charge in [0.1, 0.15) is 11.5 Å². The van der Waals surface area contributed by atoms with E-state index in [1.807, 2.05) is 31.2 Å². The van der Waals surface area contributed by atoms with Gasteiger partial charge in [0.15, 0.2) is 21.4 Å². The number of rotatable bonds is 6. The van der Waals surface area contributed by atoms with Crippen molar-refractivity contribution in [2.45, 2.75) is 17.6 Å². The Labute approximate surface area is 177 Å². The van der Waals surface area contributed by atoms with Gasteiger partial charge in [-0.25, -0.2) is 8.42 Å². The summed E-state index contributed by atoms with van der Waals surface area (Å²) in [7, 11) is -3.56. The second-order valence-corrected chi connectivity index (χ2v) is 9.32. The molecule has 4 rings (SSSR count). The summed E-state index contributed by atoms with van der Waals surface area (Å²) >= 11 is 1.06. The highest BCUT2D eigenvalue weighted by Crippen LogP contribution is 2.23. The zero-order chi connectivity index (χ0) is 21.1. The molecule has 9 heteroatoms. The molecule has 0 unspecified atom stereocenters. The Morgan fingerprint density at radius 1 is 1.03 bits per heavy atom. The summed E-state index contributed by atoms with van der Waals surface area (Å²) in [4.78, 5) is 17.0. The molecule has 0 saturated heterocycles. The Morgan fingerprint density at radius 2 is 1.77 bits per heavy atom. The Bertz CT molecular complexity index is 1280. The Morgan fingerprint density at radius 3 is 2.50 bits per heavy atom. The topological polar surface area (TPSA) is 102 Å². The summed E-state index contributed by atoms with van der Waals surface area (Å²) in [6.45, 7) is 1.99. The van der Waals surface area contributed by atoms with Crippen molar-refractivity contribution in [1.82, 2.24) is 9.36 Å². The molecular weight excluding hydrogens is 422 g/mol. The summed E-state index contributed by atoms with van der Waals surface area (Å²) in [5, 5.41) is 2.95. The maximum atomic E-state index is 12.5. The van der Waals surface area contributed by atoms with Crippen LogP contribution in [0.5, 0.6) is 0 Å². The molecule has 30 heavy (non-hydrogen) atoms. The molecule has 0 spiro atoms. The van der Waals surface area contributed by atoms with Crippen molar-refractivity contribution >= 4 is 32.4 Å². The van der Waals surface area contributed by atoms with Crippen LogP contribution in [0.4, 0.5) is 5.13 Å². The fourth-order valence-electron chi connectivity index (χ4n) is 2.73. The van der Waals surface area contributed by atoms with Gasteiger partial charge in [0, 0.05) is 17.1 Å². The van der Waals surface area contributed by atoms with E-state index in [0.717, 1.165) is 22.7 Å². The van der Waals surface area contributed by atoms with Crippen LogP contribution in [0.25, 0.3) is 11.4 Å². The summed E-state index contributed by atoms with van der Waals surface area (Å²) < 4.78 is 34.6. The Kier molecular flexibility index (Phi) is 5.47. The van der Waals surface area contributed by atoms with Crippen LogP contribution in [0.2, 0.25) is 0 Å². The van der Waals surface area contributed by atoms with E-state index in [9.17, 15) is 13.2 Å². The lowest BCUT2D eigenvalue weighted by atomic mass is 10.1. The van der Waals surface area contributed by atoms with Crippen LogP contribution in [-0.2, 0) is 15.6 Å². The van der Waals surface area contributed by atoms with Crippen molar-refractivity contribution in [2.75, 3.05) is 5.32 Å². The molecule has 4 aromatic rings. The quantitative estimate of drug-likeness (QED) is 0.480. The van der Waals surface area contributed by atoms with Gasteiger partial charge in [-0.05, 0) is 31.2 Å². The first kappa shape index (κ1) is 20.0. The average molecular weight is 440 g/mol. The Balaban J connectivity index is 1.44. The summed E-state index contributed by atoms with van der Waals surface area (Å²) in [6.07, 6.45) is 0. The van der Waals surface area contributed by atoms with Gasteiger partial charge in [-0.3, -0.25) is 10.1 Å². The number of hydrogen-bond donors (Lipinski definition) is 1. The van der Waals surface area contributed by atoms with E-state index in [1.54, 1.807) is 18.2 Å². The molecule has 152 valence electrons. The second kappa shape index (κ2) is 8.21. The standard InChI is InChI=1S/C21H17N3O4S2/c1-14-7-9-15(10-8-14)19-22-21(29-24-19)23-20(25)18-12-11-16(28-18)13-30(26,27)17-5-3-2-4-6-17/h2-12H,13H2,1H3,(H,22,23,24,25). The number of amides is 1. The molecule has 0 bridgehead atoms. The molecule has 1 amide bonds. The van der Waals surface area contributed by atoms with Crippen molar-refractivity contribution in [2.24, 2.45) is 0 Å². The van der Waals surface area contributed by atoms with Gasteiger partial charge in [0.05, 0.1) is 4.90 Å². The summed E-state index contributed by atoms with van der Waals surface area (Å²) in [5.74, 6) is -0.156. The van der Waals surface area contributed by atoms with E-state index < -0.39 is 15.7 Å². The number of hydrogen-bond acceptors (Lipinski definition) is 7. The minimum absolute atomic E-state index is 0.000322. The predicted octanol–water partition coefficient (Wildman–Crippen LogP) is 4.33. The van der Waals surface area contributed by atoms with Crippen LogP contribution in [0, 0.1) is 6.92 Å². The molecule has 2 aromatic heterocycles. The number of furan rings is 1. The van der Waals surface area contributed by atoms with E-state index in [4.69, 9.17) is 4.42 Å². The maximum absolute atomic E-state index is 12.5. The molecule has 2 heterocycles. The Hall–Kier alpha value is -3.30. The van der Waals surface area contributed by atoms with Crippen molar-refractivity contribution in [1.29, 1.82) is 0 Å². The lowest BCUT2D eigenvalue weighted by Crippen LogP contribution is -2.10. The van der Waals surface area contributed by atoms with Gasteiger partial charge in [-0.1, -0.05) is 48.0 Å². The lowest BCUT2D eigenvalue weighted by molar-refractivity contribution is 0.0995. The maximum Gasteiger partial charge on any atom is 0.293 e. The van der Waals surface area contributed by atoms with Crippen LogP contribution in [0.3, 0.4) is 0 Å². The van der Waals surface area contributed by atoms with Gasteiger partial charge in [-0.15, -0.1) is 0 Å². The number of aromatic nitrogens is 2. The minimum Gasteiger partial charge on any atom is -0.455 e. The van der Waals surface area contributed by atoms with Gasteiger partial charge in [-0.2, -0.15) is 9.36 Å². The average Bonchev–Trinajstić information content (AvgIpc) is 3.39. The van der Waals surface area contributed by atoms with Crippen LogP contribution in [0.15, 0.2) is 76.0 Å². The number of carbonyl (C=O) groups is 1. The van der Waals surface area contributed by atoms with Crippen LogP contribution in [-0.4, -0.2) is 23.7 Å². The predicted molar refractivity (Wildman–Crippen MR) is 114 cm³/mol. The third kappa shape index (κ3) is 4.47. The summed E-state index contributed by atoms with van der Waals surface area (Å²) in [6, 6.07) is 18.8. The fraction of sp³-hybridized carbons (Fsp3) is 0.0952. The number of carbonyl (C=O) groups excluding carboxylic acids is 1. The first-order valence-electron chi connectivity index (χ1n) is 8.99. The molecule has 0 radical (unpaired) electrons. The van der Waals surface area contributed by atoms with Crippen LogP contribution < -0.4 is 5.32 Å². The number of benzene rings is 2. The zero-order valence-electron chi connectivity index (χ0n) is 15.9. The van der Waals surface area contributed by atoms with Gasteiger partial charge in [0.2, 0.25) is 5.13 Å². The smallest absolute Gasteiger partial charge is 0.293 e. The monoisotopic (exact) mass is 439 g/mol. The molecule has 2 aromatic carbocycles. The largest absolute Gasteiger partial charge is 0.455 e. The zero-order valence-corrected chi connectivity index (χ0v) is 17.5. The molecule has 1 N–H and O–H groups in total. The highest BCUT2D eigenvalue weighted by Gasteiger charge is 2.20. The third-order valence-electron chi connectivity index (χ3n) is 4.28. The van der Waals surface area contributed by atoms with Crippen molar-refractivity contribution in [3.05, 3.63) is 83.8 Å². The third-order valence-corrected chi connectivity index (χ3v) is 6.56. The number of nitrogens with one attached hydrogen (secondary N) is 1. The molecule has 0 aliphatic rings. The second-order valence-electron chi connectivity index (χ2n) is 6.58. The number of sulfone groups is 1. The van der Waals surface area contributed by atoms with E-state index >= 15 is 0 Å². The molecule has 0 saturated carbocycles. The first-order valence-corrected chi connectivity index (χ1v) is 11.4. The SMILES string of the molecule is Cc1ccc(-c2nsc(NC(=O)c3ccc(CS(=O)(=O)c4ccccc4)o3)n2)cc1. The molecule has 0 fully saturated rings. The number of aryl methyl sites for hydroxylation is 1. The van der Waals surface area contributed by atoms with E-state index in [1.165, 1.54) is 24.3 Å². The lowest BCUT2D eigenvalue weighted by Gasteiger charge is -2.02. The molecule has 0 atom stereocenters. The fourth-order valence-corrected chi connectivity index (χ4v) is 4.58. The van der Waals surface area contributed by atoms with Gasteiger partial charge in [0.25, 0.3) is 5.91 Å². The van der Waals surface area contributed by atoms with Crippen molar-refractivity contribution in [3.8, 4) is 11.4 Å². The number of anilines is 1. The van der Waals surface area contributed by atoms with Crippen LogP contribution in [0.1, 0.15) is 21.9 Å². The van der Waals surface area contributed by atoms with Gasteiger partial charge < -0.3 is 4.42 Å². The summed E-state index contributed by atoms with van der Waals surface area (Å²) in [5.41, 5.74) is 1.98. The molecular formula is C21H17N3O4S2. The van der Waals surface area contributed by atoms with E-state index in [2.05, 4.69) is 14.7 Å². The van der Waals surface area contributed by atoms with Crippen molar-refractivity contribution in [3.63, 3.8) is 0 Å².